The molecule has 3 rings (SSSR count). The van der Waals surface area contributed by atoms with Crippen molar-refractivity contribution in [2.75, 3.05) is 11.9 Å². The van der Waals surface area contributed by atoms with Crippen LogP contribution < -0.4 is 10.1 Å². The summed E-state index contributed by atoms with van der Waals surface area (Å²) in [6.07, 6.45) is 3.64. The van der Waals surface area contributed by atoms with Gasteiger partial charge in [-0.1, -0.05) is 13.3 Å². The number of ether oxygens (including phenoxy) is 1. The standard InChI is InChI=1S/C14H16ClN5O2/c1-2-3-6-22-14-17-10-11(16-8-9-5-4-7-21-9)18-13(15)19-12(10)20-14/h4-5,7H,2-3,6,8H2,1H3,(H2,16,17,18,19,20). The second-order valence-electron chi connectivity index (χ2n) is 4.72. The molecular formula is C14H16ClN5O2. The van der Waals surface area contributed by atoms with Crippen molar-refractivity contribution in [3.63, 3.8) is 0 Å². The maximum atomic E-state index is 5.95. The summed E-state index contributed by atoms with van der Waals surface area (Å²) in [6, 6.07) is 4.12. The predicted molar refractivity (Wildman–Crippen MR) is 83.1 cm³/mol. The Balaban J connectivity index is 1.81. The van der Waals surface area contributed by atoms with Crippen LogP contribution in [-0.4, -0.2) is 26.5 Å². The van der Waals surface area contributed by atoms with E-state index in [1.54, 1.807) is 6.26 Å². The molecule has 3 heterocycles. The van der Waals surface area contributed by atoms with Crippen molar-refractivity contribution in [2.45, 2.75) is 26.3 Å². The first-order valence-corrected chi connectivity index (χ1v) is 7.46. The quantitative estimate of drug-likeness (QED) is 0.512. The molecule has 0 radical (unpaired) electrons. The van der Waals surface area contributed by atoms with Gasteiger partial charge in [0.05, 0.1) is 19.4 Å². The molecule has 0 unspecified atom stereocenters. The van der Waals surface area contributed by atoms with Crippen molar-refractivity contribution in [1.29, 1.82) is 0 Å². The number of fused-ring (bicyclic) bond motifs is 1. The fourth-order valence-electron chi connectivity index (χ4n) is 1.94. The lowest BCUT2D eigenvalue weighted by molar-refractivity contribution is 0.289. The van der Waals surface area contributed by atoms with E-state index in [1.165, 1.54) is 0 Å². The second kappa shape index (κ2) is 6.65. The van der Waals surface area contributed by atoms with Gasteiger partial charge in [0.15, 0.2) is 17.0 Å². The largest absolute Gasteiger partial charge is 0.467 e. The normalized spacial score (nSPS) is 11.0. The summed E-state index contributed by atoms with van der Waals surface area (Å²) in [5.41, 5.74) is 1.12. The number of hydrogen-bond acceptors (Lipinski definition) is 6. The van der Waals surface area contributed by atoms with Gasteiger partial charge in [0.2, 0.25) is 5.28 Å². The van der Waals surface area contributed by atoms with Gasteiger partial charge < -0.3 is 14.5 Å². The Morgan fingerprint density at radius 1 is 1.36 bits per heavy atom. The number of halogens is 1. The van der Waals surface area contributed by atoms with Crippen molar-refractivity contribution in [3.05, 3.63) is 29.4 Å². The van der Waals surface area contributed by atoms with E-state index in [0.29, 0.717) is 36.1 Å². The highest BCUT2D eigenvalue weighted by molar-refractivity contribution is 6.28. The molecule has 8 heteroatoms. The average Bonchev–Trinajstić information content (AvgIpc) is 3.14. The number of furan rings is 1. The minimum absolute atomic E-state index is 0.137. The molecule has 2 N–H and O–H groups in total. The number of rotatable bonds is 7. The summed E-state index contributed by atoms with van der Waals surface area (Å²) in [7, 11) is 0. The van der Waals surface area contributed by atoms with E-state index >= 15 is 0 Å². The number of H-pyrrole nitrogens is 1. The van der Waals surface area contributed by atoms with E-state index in [1.807, 2.05) is 12.1 Å². The molecule has 7 nitrogen and oxygen atoms in total. The number of aromatic nitrogens is 4. The van der Waals surface area contributed by atoms with Gasteiger partial charge in [-0.05, 0) is 30.2 Å². The molecule has 3 aromatic heterocycles. The van der Waals surface area contributed by atoms with Gasteiger partial charge in [-0.2, -0.15) is 15.0 Å². The van der Waals surface area contributed by atoms with E-state index in [9.17, 15) is 0 Å². The van der Waals surface area contributed by atoms with Crippen LogP contribution in [-0.2, 0) is 6.54 Å². The molecule has 0 aromatic carbocycles. The number of nitrogens with zero attached hydrogens (tertiary/aromatic N) is 3. The van der Waals surface area contributed by atoms with E-state index in [0.717, 1.165) is 18.6 Å². The summed E-state index contributed by atoms with van der Waals surface area (Å²) in [5, 5.41) is 3.28. The summed E-state index contributed by atoms with van der Waals surface area (Å²) in [6.45, 7) is 3.19. The van der Waals surface area contributed by atoms with Crippen LogP contribution in [0.5, 0.6) is 6.01 Å². The van der Waals surface area contributed by atoms with Crippen LogP contribution in [0, 0.1) is 0 Å². The van der Waals surface area contributed by atoms with Crippen molar-refractivity contribution in [1.82, 2.24) is 19.9 Å². The molecule has 3 aromatic rings. The Bertz CT molecular complexity index is 741. The third kappa shape index (κ3) is 3.30. The summed E-state index contributed by atoms with van der Waals surface area (Å²) < 4.78 is 10.8. The lowest BCUT2D eigenvalue weighted by Crippen LogP contribution is -2.02. The summed E-state index contributed by atoms with van der Waals surface area (Å²) in [4.78, 5) is 15.7. The van der Waals surface area contributed by atoms with E-state index in [2.05, 4.69) is 32.2 Å². The van der Waals surface area contributed by atoms with Gasteiger partial charge in [0, 0.05) is 0 Å². The fraction of sp³-hybridized carbons (Fsp3) is 0.357. The maximum Gasteiger partial charge on any atom is 0.295 e. The Hall–Kier alpha value is -2.28. The van der Waals surface area contributed by atoms with Gasteiger partial charge in [-0.15, -0.1) is 0 Å². The van der Waals surface area contributed by atoms with E-state index in [4.69, 9.17) is 20.8 Å². The van der Waals surface area contributed by atoms with Gasteiger partial charge >= 0.3 is 0 Å². The SMILES string of the molecule is CCCCOc1nc2c(NCc3ccco3)nc(Cl)nc2[nH]1. The fourth-order valence-corrected chi connectivity index (χ4v) is 2.11. The first-order valence-electron chi connectivity index (χ1n) is 7.08. The van der Waals surface area contributed by atoms with Crippen LogP contribution in [0.2, 0.25) is 5.28 Å². The van der Waals surface area contributed by atoms with Gasteiger partial charge in [0.25, 0.3) is 6.01 Å². The molecule has 0 aliphatic carbocycles. The van der Waals surface area contributed by atoms with Crippen molar-refractivity contribution in [2.24, 2.45) is 0 Å². The van der Waals surface area contributed by atoms with Gasteiger partial charge in [-0.25, -0.2) is 0 Å². The van der Waals surface area contributed by atoms with Gasteiger partial charge in [0.1, 0.15) is 5.76 Å². The number of nitrogens with one attached hydrogen (secondary N) is 2. The van der Waals surface area contributed by atoms with Crippen molar-refractivity contribution >= 4 is 28.6 Å². The third-order valence-electron chi connectivity index (χ3n) is 3.04. The van der Waals surface area contributed by atoms with E-state index in [-0.39, 0.29) is 5.28 Å². The molecule has 0 bridgehead atoms. The zero-order valence-electron chi connectivity index (χ0n) is 12.1. The molecular weight excluding hydrogens is 306 g/mol. The molecule has 0 saturated carbocycles. The highest BCUT2D eigenvalue weighted by Crippen LogP contribution is 2.23. The van der Waals surface area contributed by atoms with Crippen LogP contribution >= 0.6 is 11.6 Å². The average molecular weight is 322 g/mol. The molecule has 0 aliphatic heterocycles. The molecule has 0 saturated heterocycles. The Morgan fingerprint density at radius 2 is 2.27 bits per heavy atom. The minimum Gasteiger partial charge on any atom is -0.467 e. The van der Waals surface area contributed by atoms with Crippen molar-refractivity contribution in [3.8, 4) is 6.01 Å². The topological polar surface area (TPSA) is 88.9 Å². The molecule has 0 spiro atoms. The maximum absolute atomic E-state index is 5.95. The summed E-state index contributed by atoms with van der Waals surface area (Å²) >= 11 is 5.95. The zero-order chi connectivity index (χ0) is 15.4. The first kappa shape index (κ1) is 14.6. The van der Waals surface area contributed by atoms with E-state index < -0.39 is 0 Å². The number of anilines is 1. The molecule has 0 fully saturated rings. The Labute approximate surface area is 132 Å². The van der Waals surface area contributed by atoms with Crippen LogP contribution in [0.25, 0.3) is 11.2 Å². The van der Waals surface area contributed by atoms with Crippen LogP contribution in [0.3, 0.4) is 0 Å². The van der Waals surface area contributed by atoms with Crippen LogP contribution in [0.1, 0.15) is 25.5 Å². The lowest BCUT2D eigenvalue weighted by atomic mass is 10.4. The lowest BCUT2D eigenvalue weighted by Gasteiger charge is -2.03. The van der Waals surface area contributed by atoms with Gasteiger partial charge in [-0.3, -0.25) is 4.98 Å². The molecule has 0 aliphatic rings. The van der Waals surface area contributed by atoms with Crippen LogP contribution in [0.4, 0.5) is 5.82 Å². The monoisotopic (exact) mass is 321 g/mol. The Morgan fingerprint density at radius 3 is 3.05 bits per heavy atom. The molecule has 22 heavy (non-hydrogen) atoms. The number of unbranched alkanes of at least 4 members (excludes halogenated alkanes) is 1. The number of hydrogen-bond donors (Lipinski definition) is 2. The molecule has 116 valence electrons. The highest BCUT2D eigenvalue weighted by Gasteiger charge is 2.13. The smallest absolute Gasteiger partial charge is 0.295 e. The minimum atomic E-state index is 0.137. The zero-order valence-corrected chi connectivity index (χ0v) is 12.9. The van der Waals surface area contributed by atoms with Crippen LogP contribution in [0.15, 0.2) is 22.8 Å². The second-order valence-corrected chi connectivity index (χ2v) is 5.05. The third-order valence-corrected chi connectivity index (χ3v) is 3.21. The highest BCUT2D eigenvalue weighted by atomic mass is 35.5. The Kier molecular flexibility index (Phi) is 4.43. The molecule has 0 atom stereocenters. The predicted octanol–water partition coefficient (Wildman–Crippen LogP) is 3.39. The summed E-state index contributed by atoms with van der Waals surface area (Å²) in [5.74, 6) is 1.32. The first-order chi connectivity index (χ1) is 10.8. The number of imidazole rings is 1. The number of aromatic amines is 1. The van der Waals surface area contributed by atoms with Crippen molar-refractivity contribution < 1.29 is 9.15 Å². The molecule has 0 amide bonds.